The van der Waals surface area contributed by atoms with Gasteiger partial charge in [-0.25, -0.2) is 4.98 Å². The number of hydrogen-bond donors (Lipinski definition) is 1. The molecular formula is C26H16Cl2N2O2S2. The standard InChI is InChI=1S/C26H16Cl2N2O2S2/c27-18-7-3-16(4-8-18)24(31)30-26-23(22-2-1-15-33-22)29-25(34-26)17-5-11-20(12-6-17)32-21-13-9-19(28)10-14-21/h1-15H,(H,30,31). The molecule has 4 nitrogen and oxygen atoms in total. The van der Waals surface area contributed by atoms with Gasteiger partial charge in [-0.3, -0.25) is 4.79 Å². The number of halogens is 2. The first kappa shape index (κ1) is 22.6. The van der Waals surface area contributed by atoms with Crippen LogP contribution in [0.3, 0.4) is 0 Å². The lowest BCUT2D eigenvalue weighted by Gasteiger charge is -2.06. The molecule has 0 fully saturated rings. The lowest BCUT2D eigenvalue weighted by atomic mass is 10.2. The van der Waals surface area contributed by atoms with Gasteiger partial charge < -0.3 is 10.1 Å². The third-order valence-corrected chi connectivity index (χ3v) is 7.27. The second-order valence-electron chi connectivity index (χ2n) is 7.22. The second-order valence-corrected chi connectivity index (χ2v) is 10.0. The van der Waals surface area contributed by atoms with Crippen LogP contribution in [0.4, 0.5) is 5.00 Å². The number of carbonyl (C=O) groups excluding carboxylic acids is 1. The average Bonchev–Trinajstić information content (AvgIpc) is 3.52. The summed E-state index contributed by atoms with van der Waals surface area (Å²) in [7, 11) is 0. The average molecular weight is 523 g/mol. The summed E-state index contributed by atoms with van der Waals surface area (Å²) in [6.07, 6.45) is 0. The highest BCUT2D eigenvalue weighted by molar-refractivity contribution is 7.20. The van der Waals surface area contributed by atoms with Gasteiger partial charge in [0.15, 0.2) is 0 Å². The molecule has 5 aromatic rings. The SMILES string of the molecule is O=C(Nc1sc(-c2ccc(Oc3ccc(Cl)cc3)cc2)nc1-c1cccs1)c1ccc(Cl)cc1. The Bertz CT molecular complexity index is 1410. The quantitative estimate of drug-likeness (QED) is 0.242. The summed E-state index contributed by atoms with van der Waals surface area (Å²) in [5, 5.41) is 7.74. The molecule has 1 N–H and O–H groups in total. The van der Waals surface area contributed by atoms with Crippen molar-refractivity contribution in [2.24, 2.45) is 0 Å². The summed E-state index contributed by atoms with van der Waals surface area (Å²) < 4.78 is 5.88. The van der Waals surface area contributed by atoms with Crippen molar-refractivity contribution < 1.29 is 9.53 Å². The molecule has 2 heterocycles. The minimum Gasteiger partial charge on any atom is -0.457 e. The zero-order valence-electron chi connectivity index (χ0n) is 17.5. The molecular weight excluding hydrogens is 507 g/mol. The second kappa shape index (κ2) is 9.99. The molecule has 34 heavy (non-hydrogen) atoms. The smallest absolute Gasteiger partial charge is 0.256 e. The third-order valence-electron chi connectivity index (χ3n) is 4.87. The maximum absolute atomic E-state index is 12.8. The summed E-state index contributed by atoms with van der Waals surface area (Å²) in [4.78, 5) is 18.7. The van der Waals surface area contributed by atoms with E-state index in [4.69, 9.17) is 32.9 Å². The number of hydrogen-bond acceptors (Lipinski definition) is 5. The molecule has 0 unspecified atom stereocenters. The number of benzene rings is 3. The number of ether oxygens (including phenoxy) is 1. The van der Waals surface area contributed by atoms with Crippen LogP contribution in [0.5, 0.6) is 11.5 Å². The van der Waals surface area contributed by atoms with Gasteiger partial charge in [0.1, 0.15) is 27.2 Å². The van der Waals surface area contributed by atoms with Crippen molar-refractivity contribution in [1.82, 2.24) is 4.98 Å². The highest BCUT2D eigenvalue weighted by atomic mass is 35.5. The van der Waals surface area contributed by atoms with Gasteiger partial charge in [-0.1, -0.05) is 40.6 Å². The fourth-order valence-electron chi connectivity index (χ4n) is 3.19. The third kappa shape index (κ3) is 5.16. The Morgan fingerprint density at radius 2 is 1.44 bits per heavy atom. The maximum atomic E-state index is 12.8. The molecule has 0 spiro atoms. The number of carbonyl (C=O) groups is 1. The predicted octanol–water partition coefficient (Wildman–Crippen LogP) is 8.89. The molecule has 0 aliphatic carbocycles. The van der Waals surface area contributed by atoms with Crippen molar-refractivity contribution >= 4 is 56.8 Å². The Balaban J connectivity index is 1.41. The van der Waals surface area contributed by atoms with Crippen LogP contribution in [-0.4, -0.2) is 10.9 Å². The first-order valence-electron chi connectivity index (χ1n) is 10.2. The zero-order chi connectivity index (χ0) is 23.5. The maximum Gasteiger partial charge on any atom is 0.256 e. The topological polar surface area (TPSA) is 51.2 Å². The molecule has 0 saturated heterocycles. The van der Waals surface area contributed by atoms with E-state index in [-0.39, 0.29) is 5.91 Å². The molecule has 5 rings (SSSR count). The van der Waals surface area contributed by atoms with Crippen LogP contribution in [-0.2, 0) is 0 Å². The highest BCUT2D eigenvalue weighted by Gasteiger charge is 2.18. The summed E-state index contributed by atoms with van der Waals surface area (Å²) in [6, 6.07) is 25.6. The van der Waals surface area contributed by atoms with Crippen LogP contribution in [0, 0.1) is 0 Å². The minimum atomic E-state index is -0.212. The molecule has 0 aliphatic rings. The van der Waals surface area contributed by atoms with E-state index in [1.165, 1.54) is 11.3 Å². The number of nitrogens with zero attached hydrogens (tertiary/aromatic N) is 1. The fourth-order valence-corrected chi connectivity index (χ4v) is 5.21. The number of aromatic nitrogens is 1. The van der Waals surface area contributed by atoms with Gasteiger partial charge in [-0.2, -0.15) is 0 Å². The number of amides is 1. The van der Waals surface area contributed by atoms with Crippen LogP contribution >= 0.6 is 45.9 Å². The van der Waals surface area contributed by atoms with Gasteiger partial charge >= 0.3 is 0 Å². The van der Waals surface area contributed by atoms with Gasteiger partial charge in [0.25, 0.3) is 5.91 Å². The van der Waals surface area contributed by atoms with Crippen LogP contribution in [0.1, 0.15) is 10.4 Å². The first-order valence-corrected chi connectivity index (χ1v) is 12.7. The largest absolute Gasteiger partial charge is 0.457 e. The molecule has 2 aromatic heterocycles. The first-order chi connectivity index (χ1) is 16.5. The van der Waals surface area contributed by atoms with Crippen LogP contribution in [0.15, 0.2) is 90.3 Å². The van der Waals surface area contributed by atoms with Crippen LogP contribution in [0.2, 0.25) is 10.0 Å². The molecule has 0 saturated carbocycles. The Hall–Kier alpha value is -3.16. The zero-order valence-corrected chi connectivity index (χ0v) is 20.6. The van der Waals surface area contributed by atoms with Crippen molar-refractivity contribution in [2.75, 3.05) is 5.32 Å². The molecule has 8 heteroatoms. The molecule has 3 aromatic carbocycles. The van der Waals surface area contributed by atoms with E-state index in [0.717, 1.165) is 21.1 Å². The van der Waals surface area contributed by atoms with Gasteiger partial charge in [0.2, 0.25) is 0 Å². The molecule has 0 atom stereocenters. The Morgan fingerprint density at radius 3 is 2.06 bits per heavy atom. The summed E-state index contributed by atoms with van der Waals surface area (Å²) in [5.74, 6) is 1.20. The van der Waals surface area contributed by atoms with E-state index in [0.29, 0.717) is 32.1 Å². The van der Waals surface area contributed by atoms with E-state index in [2.05, 4.69) is 5.32 Å². The molecule has 0 aliphatic heterocycles. The van der Waals surface area contributed by atoms with Crippen molar-refractivity contribution in [2.45, 2.75) is 0 Å². The van der Waals surface area contributed by atoms with E-state index in [1.807, 2.05) is 53.9 Å². The number of anilines is 1. The minimum absolute atomic E-state index is 0.212. The Labute approximate surface area is 214 Å². The summed E-state index contributed by atoms with van der Waals surface area (Å²) in [6.45, 7) is 0. The summed E-state index contributed by atoms with van der Waals surface area (Å²) in [5.41, 5.74) is 2.21. The monoisotopic (exact) mass is 522 g/mol. The fraction of sp³-hybridized carbons (Fsp3) is 0. The number of rotatable bonds is 6. The van der Waals surface area contributed by atoms with Crippen molar-refractivity contribution in [3.63, 3.8) is 0 Å². The lowest BCUT2D eigenvalue weighted by Crippen LogP contribution is -2.11. The number of nitrogens with one attached hydrogen (secondary N) is 1. The van der Waals surface area contributed by atoms with Gasteiger partial charge in [-0.05, 0) is 84.2 Å². The van der Waals surface area contributed by atoms with E-state index in [9.17, 15) is 4.79 Å². The molecule has 168 valence electrons. The predicted molar refractivity (Wildman–Crippen MR) is 142 cm³/mol. The Kier molecular flexibility index (Phi) is 6.65. The molecule has 0 radical (unpaired) electrons. The highest BCUT2D eigenvalue weighted by Crippen LogP contribution is 2.40. The number of thiophene rings is 1. The molecule has 1 amide bonds. The lowest BCUT2D eigenvalue weighted by molar-refractivity contribution is 0.102. The van der Waals surface area contributed by atoms with E-state index < -0.39 is 0 Å². The van der Waals surface area contributed by atoms with Gasteiger partial charge in [0, 0.05) is 21.2 Å². The van der Waals surface area contributed by atoms with Crippen molar-refractivity contribution in [3.05, 3.63) is 106 Å². The van der Waals surface area contributed by atoms with Crippen molar-refractivity contribution in [1.29, 1.82) is 0 Å². The Morgan fingerprint density at radius 1 is 0.824 bits per heavy atom. The van der Waals surface area contributed by atoms with Crippen LogP contribution < -0.4 is 10.1 Å². The summed E-state index contributed by atoms with van der Waals surface area (Å²) >= 11 is 14.9. The van der Waals surface area contributed by atoms with E-state index in [1.54, 1.807) is 47.7 Å². The van der Waals surface area contributed by atoms with Gasteiger partial charge in [-0.15, -0.1) is 11.3 Å². The normalized spacial score (nSPS) is 10.8. The molecule has 0 bridgehead atoms. The van der Waals surface area contributed by atoms with E-state index >= 15 is 0 Å². The van der Waals surface area contributed by atoms with Crippen LogP contribution in [0.25, 0.3) is 21.1 Å². The number of thiazole rings is 1. The van der Waals surface area contributed by atoms with Gasteiger partial charge in [0.05, 0.1) is 4.88 Å². The van der Waals surface area contributed by atoms with Crippen molar-refractivity contribution in [3.8, 4) is 32.6 Å².